The number of hydrogen-bond donors (Lipinski definition) is 1. The third-order valence-electron chi connectivity index (χ3n) is 2.19. The normalized spacial score (nSPS) is 10.7. The molecule has 0 aliphatic carbocycles. The highest BCUT2D eigenvalue weighted by Gasteiger charge is 2.09. The molecular weight excluding hydrogens is 229 g/mol. The molecular formula is C11H11ClFN3. The van der Waals surface area contributed by atoms with Crippen molar-refractivity contribution in [3.05, 3.63) is 34.9 Å². The van der Waals surface area contributed by atoms with Gasteiger partial charge in [-0.3, -0.25) is 5.10 Å². The summed E-state index contributed by atoms with van der Waals surface area (Å²) in [5.74, 6) is 0.962. The maximum absolute atomic E-state index is 12.9. The SMILES string of the molecule is CCCc1nc(-c2ccc(F)cc2Cl)n[nH]1. The Hall–Kier alpha value is -1.42. The molecule has 0 amide bonds. The second-order valence-electron chi connectivity index (χ2n) is 3.48. The molecule has 0 aliphatic heterocycles. The molecule has 0 spiro atoms. The van der Waals surface area contributed by atoms with Gasteiger partial charge in [0.2, 0.25) is 0 Å². The number of nitrogens with zero attached hydrogens (tertiary/aromatic N) is 2. The molecule has 0 unspecified atom stereocenters. The number of benzene rings is 1. The van der Waals surface area contributed by atoms with Crippen molar-refractivity contribution in [1.82, 2.24) is 15.2 Å². The topological polar surface area (TPSA) is 41.6 Å². The molecule has 1 aromatic heterocycles. The summed E-state index contributed by atoms with van der Waals surface area (Å²) in [5, 5.41) is 7.21. The highest BCUT2D eigenvalue weighted by molar-refractivity contribution is 6.33. The van der Waals surface area contributed by atoms with Gasteiger partial charge >= 0.3 is 0 Å². The van der Waals surface area contributed by atoms with Crippen LogP contribution in [-0.2, 0) is 6.42 Å². The van der Waals surface area contributed by atoms with E-state index in [1.54, 1.807) is 6.07 Å². The highest BCUT2D eigenvalue weighted by Crippen LogP contribution is 2.25. The third kappa shape index (κ3) is 2.22. The zero-order chi connectivity index (χ0) is 11.5. The summed E-state index contributed by atoms with van der Waals surface area (Å²) in [5.41, 5.74) is 0.640. The summed E-state index contributed by atoms with van der Waals surface area (Å²) in [6.45, 7) is 2.06. The van der Waals surface area contributed by atoms with E-state index in [1.165, 1.54) is 12.1 Å². The lowest BCUT2D eigenvalue weighted by Gasteiger charge is -1.98. The van der Waals surface area contributed by atoms with E-state index in [0.717, 1.165) is 18.7 Å². The van der Waals surface area contributed by atoms with Gasteiger partial charge in [-0.1, -0.05) is 18.5 Å². The molecule has 1 aromatic carbocycles. The minimum Gasteiger partial charge on any atom is -0.263 e. The van der Waals surface area contributed by atoms with Crippen molar-refractivity contribution in [3.63, 3.8) is 0 Å². The van der Waals surface area contributed by atoms with Crippen LogP contribution in [0.25, 0.3) is 11.4 Å². The van der Waals surface area contributed by atoms with Gasteiger partial charge in [-0.15, -0.1) is 0 Å². The summed E-state index contributed by atoms with van der Waals surface area (Å²) in [6.07, 6.45) is 1.83. The molecule has 0 radical (unpaired) electrons. The van der Waals surface area contributed by atoms with Crippen LogP contribution in [-0.4, -0.2) is 15.2 Å². The third-order valence-corrected chi connectivity index (χ3v) is 2.50. The maximum Gasteiger partial charge on any atom is 0.182 e. The van der Waals surface area contributed by atoms with E-state index in [0.29, 0.717) is 16.4 Å². The van der Waals surface area contributed by atoms with Gasteiger partial charge in [0.15, 0.2) is 5.82 Å². The molecule has 5 heteroatoms. The van der Waals surface area contributed by atoms with Crippen LogP contribution in [0, 0.1) is 5.82 Å². The number of aromatic amines is 1. The Bertz CT molecular complexity index is 496. The quantitative estimate of drug-likeness (QED) is 0.894. The first-order valence-corrected chi connectivity index (χ1v) is 5.45. The Morgan fingerprint density at radius 3 is 2.94 bits per heavy atom. The Labute approximate surface area is 97.7 Å². The van der Waals surface area contributed by atoms with E-state index >= 15 is 0 Å². The fourth-order valence-corrected chi connectivity index (χ4v) is 1.69. The number of H-pyrrole nitrogens is 1. The molecule has 0 atom stereocenters. The maximum atomic E-state index is 12.9. The van der Waals surface area contributed by atoms with E-state index in [4.69, 9.17) is 11.6 Å². The van der Waals surface area contributed by atoms with Crippen LogP contribution in [0.5, 0.6) is 0 Å². The van der Waals surface area contributed by atoms with Crippen molar-refractivity contribution in [2.45, 2.75) is 19.8 Å². The van der Waals surface area contributed by atoms with Crippen LogP contribution in [0.3, 0.4) is 0 Å². The molecule has 2 rings (SSSR count). The molecule has 0 fully saturated rings. The van der Waals surface area contributed by atoms with Gasteiger partial charge in [-0.25, -0.2) is 9.37 Å². The second kappa shape index (κ2) is 4.61. The summed E-state index contributed by atoms with van der Waals surface area (Å²) >= 11 is 5.92. The molecule has 84 valence electrons. The number of hydrogen-bond acceptors (Lipinski definition) is 2. The fourth-order valence-electron chi connectivity index (χ4n) is 1.44. The lowest BCUT2D eigenvalue weighted by Crippen LogP contribution is -1.86. The minimum absolute atomic E-state index is 0.321. The van der Waals surface area contributed by atoms with Gasteiger partial charge in [0.25, 0.3) is 0 Å². The predicted octanol–water partition coefficient (Wildman–Crippen LogP) is 3.22. The van der Waals surface area contributed by atoms with Crippen LogP contribution in [0.2, 0.25) is 5.02 Å². The van der Waals surface area contributed by atoms with Crippen LogP contribution in [0.15, 0.2) is 18.2 Å². The van der Waals surface area contributed by atoms with Crippen molar-refractivity contribution in [3.8, 4) is 11.4 Å². The monoisotopic (exact) mass is 239 g/mol. The van der Waals surface area contributed by atoms with Crippen LogP contribution in [0.4, 0.5) is 4.39 Å². The lowest BCUT2D eigenvalue weighted by atomic mass is 10.2. The van der Waals surface area contributed by atoms with Gasteiger partial charge in [0, 0.05) is 12.0 Å². The largest absolute Gasteiger partial charge is 0.263 e. The summed E-state index contributed by atoms with van der Waals surface area (Å²) in [6, 6.07) is 4.18. The fraction of sp³-hybridized carbons (Fsp3) is 0.273. The Morgan fingerprint density at radius 1 is 1.44 bits per heavy atom. The van der Waals surface area contributed by atoms with Gasteiger partial charge < -0.3 is 0 Å². The summed E-state index contributed by atoms with van der Waals surface area (Å²) < 4.78 is 12.9. The van der Waals surface area contributed by atoms with Gasteiger partial charge in [0.05, 0.1) is 5.02 Å². The van der Waals surface area contributed by atoms with E-state index in [1.807, 2.05) is 0 Å². The van der Waals surface area contributed by atoms with Crippen LogP contribution in [0.1, 0.15) is 19.2 Å². The van der Waals surface area contributed by atoms with Crippen molar-refractivity contribution in [1.29, 1.82) is 0 Å². The van der Waals surface area contributed by atoms with Crippen LogP contribution < -0.4 is 0 Å². The molecule has 0 saturated heterocycles. The standard InChI is InChI=1S/C11H11ClFN3/c1-2-3-10-14-11(16-15-10)8-5-4-7(13)6-9(8)12/h4-6H,2-3H2,1H3,(H,14,15,16). The van der Waals surface area contributed by atoms with Crippen LogP contribution >= 0.6 is 11.6 Å². The number of aryl methyl sites for hydroxylation is 1. The Morgan fingerprint density at radius 2 is 2.25 bits per heavy atom. The number of nitrogens with one attached hydrogen (secondary N) is 1. The van der Waals surface area contributed by atoms with E-state index in [-0.39, 0.29) is 5.82 Å². The molecule has 1 N–H and O–H groups in total. The highest BCUT2D eigenvalue weighted by atomic mass is 35.5. The zero-order valence-electron chi connectivity index (χ0n) is 8.80. The number of aromatic nitrogens is 3. The number of rotatable bonds is 3. The average Bonchev–Trinajstić information content (AvgIpc) is 2.67. The Kier molecular flexibility index (Phi) is 3.19. The summed E-state index contributed by atoms with van der Waals surface area (Å²) in [4.78, 5) is 4.29. The first-order chi connectivity index (χ1) is 7.70. The molecule has 16 heavy (non-hydrogen) atoms. The molecule has 0 aliphatic rings. The lowest BCUT2D eigenvalue weighted by molar-refractivity contribution is 0.628. The van der Waals surface area contributed by atoms with Crippen molar-refractivity contribution >= 4 is 11.6 Å². The van der Waals surface area contributed by atoms with Gasteiger partial charge in [-0.05, 0) is 24.6 Å². The first-order valence-electron chi connectivity index (χ1n) is 5.07. The molecule has 1 heterocycles. The minimum atomic E-state index is -0.363. The van der Waals surface area contributed by atoms with Gasteiger partial charge in [-0.2, -0.15) is 5.10 Å². The molecule has 2 aromatic rings. The molecule has 0 bridgehead atoms. The van der Waals surface area contributed by atoms with E-state index in [9.17, 15) is 4.39 Å². The predicted molar refractivity (Wildman–Crippen MR) is 60.8 cm³/mol. The van der Waals surface area contributed by atoms with E-state index < -0.39 is 0 Å². The van der Waals surface area contributed by atoms with E-state index in [2.05, 4.69) is 22.1 Å². The van der Waals surface area contributed by atoms with Crippen molar-refractivity contribution in [2.75, 3.05) is 0 Å². The first kappa shape index (κ1) is 11.1. The van der Waals surface area contributed by atoms with Crippen molar-refractivity contribution < 1.29 is 4.39 Å². The summed E-state index contributed by atoms with van der Waals surface area (Å²) in [7, 11) is 0. The molecule has 0 saturated carbocycles. The Balaban J connectivity index is 2.35. The average molecular weight is 240 g/mol. The second-order valence-corrected chi connectivity index (χ2v) is 3.89. The smallest absolute Gasteiger partial charge is 0.182 e. The van der Waals surface area contributed by atoms with Gasteiger partial charge in [0.1, 0.15) is 11.6 Å². The van der Waals surface area contributed by atoms with Crippen molar-refractivity contribution in [2.24, 2.45) is 0 Å². The molecule has 3 nitrogen and oxygen atoms in total. The number of halogens is 2. The zero-order valence-corrected chi connectivity index (χ0v) is 9.55.